The van der Waals surface area contributed by atoms with E-state index in [1.165, 1.54) is 6.07 Å². The van der Waals surface area contributed by atoms with Gasteiger partial charge in [0.25, 0.3) is 0 Å². The first kappa shape index (κ1) is 14.5. The number of nitro groups is 1. The number of aliphatic hydroxyl groups excluding tert-OH is 1. The van der Waals surface area contributed by atoms with Gasteiger partial charge in [-0.05, 0) is 36.2 Å². The molecule has 5 nitrogen and oxygen atoms in total. The van der Waals surface area contributed by atoms with Crippen molar-refractivity contribution in [3.05, 3.63) is 62.1 Å². The Kier molecular flexibility index (Phi) is 4.36. The molecule has 6 heteroatoms. The summed E-state index contributed by atoms with van der Waals surface area (Å²) in [5.41, 5.74) is 1.43. The zero-order valence-electron chi connectivity index (χ0n) is 10.7. The molecule has 0 aromatic heterocycles. The van der Waals surface area contributed by atoms with Gasteiger partial charge in [-0.15, -0.1) is 0 Å². The van der Waals surface area contributed by atoms with E-state index >= 15 is 0 Å². The molecule has 0 spiro atoms. The van der Waals surface area contributed by atoms with E-state index in [4.69, 9.17) is 9.84 Å². The SMILES string of the molecule is Cc1ccc(Oc2ccc(CO)c(Br)c2)c([N+](=O)[O-])c1. The van der Waals surface area contributed by atoms with E-state index in [1.54, 1.807) is 37.3 Å². The Morgan fingerprint density at radius 3 is 2.65 bits per heavy atom. The summed E-state index contributed by atoms with van der Waals surface area (Å²) >= 11 is 3.31. The monoisotopic (exact) mass is 337 g/mol. The molecule has 0 saturated carbocycles. The molecular formula is C14H12BrNO4. The number of benzene rings is 2. The molecule has 2 aromatic rings. The van der Waals surface area contributed by atoms with E-state index < -0.39 is 4.92 Å². The molecule has 0 aliphatic rings. The number of ether oxygens (including phenoxy) is 1. The molecule has 0 radical (unpaired) electrons. The van der Waals surface area contributed by atoms with Crippen molar-refractivity contribution in [3.63, 3.8) is 0 Å². The summed E-state index contributed by atoms with van der Waals surface area (Å²) in [6.45, 7) is 1.69. The van der Waals surface area contributed by atoms with Crippen LogP contribution in [-0.2, 0) is 6.61 Å². The Balaban J connectivity index is 2.35. The highest BCUT2D eigenvalue weighted by molar-refractivity contribution is 9.10. The third-order valence-corrected chi connectivity index (χ3v) is 3.47. The third kappa shape index (κ3) is 3.15. The van der Waals surface area contributed by atoms with Crippen LogP contribution in [0.3, 0.4) is 0 Å². The lowest BCUT2D eigenvalue weighted by atomic mass is 10.2. The minimum absolute atomic E-state index is 0.0765. The summed E-state index contributed by atoms with van der Waals surface area (Å²) < 4.78 is 6.24. The summed E-state index contributed by atoms with van der Waals surface area (Å²) in [5.74, 6) is 0.644. The van der Waals surface area contributed by atoms with Crippen LogP contribution < -0.4 is 4.74 Å². The van der Waals surface area contributed by atoms with Gasteiger partial charge in [-0.3, -0.25) is 10.1 Å². The first-order valence-electron chi connectivity index (χ1n) is 5.83. The van der Waals surface area contributed by atoms with Gasteiger partial charge in [-0.1, -0.05) is 28.1 Å². The Morgan fingerprint density at radius 2 is 2.05 bits per heavy atom. The average Bonchev–Trinajstić information content (AvgIpc) is 2.41. The quantitative estimate of drug-likeness (QED) is 0.677. The van der Waals surface area contributed by atoms with E-state index in [9.17, 15) is 10.1 Å². The maximum Gasteiger partial charge on any atom is 0.311 e. The Bertz CT molecular complexity index is 658. The van der Waals surface area contributed by atoms with Crippen molar-refractivity contribution < 1.29 is 14.8 Å². The fraction of sp³-hybridized carbons (Fsp3) is 0.143. The van der Waals surface area contributed by atoms with Gasteiger partial charge in [0.1, 0.15) is 5.75 Å². The van der Waals surface area contributed by atoms with Crippen LogP contribution in [0.2, 0.25) is 0 Å². The van der Waals surface area contributed by atoms with E-state index in [-0.39, 0.29) is 18.0 Å². The van der Waals surface area contributed by atoms with Crippen LogP contribution in [-0.4, -0.2) is 10.0 Å². The smallest absolute Gasteiger partial charge is 0.311 e. The van der Waals surface area contributed by atoms with Crippen LogP contribution in [0.5, 0.6) is 11.5 Å². The molecule has 0 unspecified atom stereocenters. The fourth-order valence-corrected chi connectivity index (χ4v) is 2.19. The van der Waals surface area contributed by atoms with Gasteiger partial charge < -0.3 is 9.84 Å². The number of nitro benzene ring substituents is 1. The highest BCUT2D eigenvalue weighted by Crippen LogP contribution is 2.33. The normalized spacial score (nSPS) is 10.3. The van der Waals surface area contributed by atoms with Gasteiger partial charge >= 0.3 is 5.69 Å². The topological polar surface area (TPSA) is 72.6 Å². The van der Waals surface area contributed by atoms with Crippen LogP contribution in [0.15, 0.2) is 40.9 Å². The predicted octanol–water partition coefficient (Wildman–Crippen LogP) is 3.95. The number of halogens is 1. The zero-order valence-corrected chi connectivity index (χ0v) is 12.3. The van der Waals surface area contributed by atoms with Gasteiger partial charge in [-0.2, -0.15) is 0 Å². The maximum atomic E-state index is 11.0. The number of aryl methyl sites for hydroxylation is 1. The first-order valence-corrected chi connectivity index (χ1v) is 6.62. The van der Waals surface area contributed by atoms with Gasteiger partial charge in [0, 0.05) is 10.5 Å². The summed E-state index contributed by atoms with van der Waals surface area (Å²) in [6.07, 6.45) is 0. The summed E-state index contributed by atoms with van der Waals surface area (Å²) in [6, 6.07) is 9.79. The molecule has 0 amide bonds. The largest absolute Gasteiger partial charge is 0.450 e. The molecule has 104 valence electrons. The maximum absolute atomic E-state index is 11.0. The van der Waals surface area contributed by atoms with Crippen molar-refractivity contribution in [2.24, 2.45) is 0 Å². The number of hydrogen-bond acceptors (Lipinski definition) is 4. The molecule has 1 N–H and O–H groups in total. The molecule has 0 aliphatic heterocycles. The van der Waals surface area contributed by atoms with Crippen LogP contribution in [0, 0.1) is 17.0 Å². The van der Waals surface area contributed by atoms with Crippen LogP contribution in [0.25, 0.3) is 0 Å². The van der Waals surface area contributed by atoms with Crippen molar-refractivity contribution >= 4 is 21.6 Å². The molecule has 0 heterocycles. The Labute approximate surface area is 124 Å². The lowest BCUT2D eigenvalue weighted by molar-refractivity contribution is -0.385. The second kappa shape index (κ2) is 6.02. The first-order chi connectivity index (χ1) is 9.51. The summed E-state index contributed by atoms with van der Waals surface area (Å²) in [5, 5.41) is 20.1. The highest BCUT2D eigenvalue weighted by Gasteiger charge is 2.16. The molecule has 0 aliphatic carbocycles. The average molecular weight is 338 g/mol. The zero-order chi connectivity index (χ0) is 14.7. The Morgan fingerprint density at radius 1 is 1.30 bits per heavy atom. The fourth-order valence-electron chi connectivity index (χ4n) is 1.70. The van der Waals surface area contributed by atoms with E-state index in [0.717, 1.165) is 11.1 Å². The van der Waals surface area contributed by atoms with Crippen molar-refractivity contribution in [2.75, 3.05) is 0 Å². The second-order valence-corrected chi connectivity index (χ2v) is 5.10. The second-order valence-electron chi connectivity index (χ2n) is 4.24. The van der Waals surface area contributed by atoms with E-state index in [0.29, 0.717) is 10.2 Å². The van der Waals surface area contributed by atoms with Crippen LogP contribution in [0.1, 0.15) is 11.1 Å². The predicted molar refractivity (Wildman–Crippen MR) is 78.0 cm³/mol. The Hall–Kier alpha value is -1.92. The van der Waals surface area contributed by atoms with Crippen LogP contribution in [0.4, 0.5) is 5.69 Å². The minimum atomic E-state index is -0.473. The van der Waals surface area contributed by atoms with Gasteiger partial charge in [0.2, 0.25) is 5.75 Å². The molecular weight excluding hydrogens is 326 g/mol. The van der Waals surface area contributed by atoms with Crippen molar-refractivity contribution in [1.29, 1.82) is 0 Å². The molecule has 0 fully saturated rings. The van der Waals surface area contributed by atoms with E-state index in [2.05, 4.69) is 15.9 Å². The van der Waals surface area contributed by atoms with Gasteiger partial charge in [-0.25, -0.2) is 0 Å². The summed E-state index contributed by atoms with van der Waals surface area (Å²) in [7, 11) is 0. The van der Waals surface area contributed by atoms with Crippen molar-refractivity contribution in [1.82, 2.24) is 0 Å². The minimum Gasteiger partial charge on any atom is -0.450 e. The van der Waals surface area contributed by atoms with E-state index in [1.807, 2.05) is 0 Å². The summed E-state index contributed by atoms with van der Waals surface area (Å²) in [4.78, 5) is 10.5. The molecule has 0 atom stereocenters. The standard InChI is InChI=1S/C14H12BrNO4/c1-9-2-5-14(13(6-9)16(18)19)20-11-4-3-10(8-17)12(15)7-11/h2-7,17H,8H2,1H3. The van der Waals surface area contributed by atoms with Gasteiger partial charge in [0.05, 0.1) is 11.5 Å². The highest BCUT2D eigenvalue weighted by atomic mass is 79.9. The number of hydrogen-bond donors (Lipinski definition) is 1. The number of rotatable bonds is 4. The molecule has 0 bridgehead atoms. The molecule has 20 heavy (non-hydrogen) atoms. The molecule has 2 rings (SSSR count). The van der Waals surface area contributed by atoms with Crippen LogP contribution >= 0.6 is 15.9 Å². The van der Waals surface area contributed by atoms with Crippen molar-refractivity contribution in [3.8, 4) is 11.5 Å². The van der Waals surface area contributed by atoms with Gasteiger partial charge in [0.15, 0.2) is 0 Å². The number of nitrogens with zero attached hydrogens (tertiary/aromatic N) is 1. The van der Waals surface area contributed by atoms with Crippen molar-refractivity contribution in [2.45, 2.75) is 13.5 Å². The molecule has 2 aromatic carbocycles. The third-order valence-electron chi connectivity index (χ3n) is 2.73. The lowest BCUT2D eigenvalue weighted by Crippen LogP contribution is -1.94. The molecule has 0 saturated heterocycles. The number of aliphatic hydroxyl groups is 1. The lowest BCUT2D eigenvalue weighted by Gasteiger charge is -2.08.